The van der Waals surface area contributed by atoms with Crippen molar-refractivity contribution >= 4 is 5.91 Å². The molecule has 3 rings (SSSR count). The average molecular weight is 320 g/mol. The van der Waals surface area contributed by atoms with Crippen LogP contribution < -0.4 is 5.32 Å². The Morgan fingerprint density at radius 3 is 2.25 bits per heavy atom. The van der Waals surface area contributed by atoms with E-state index in [1.807, 2.05) is 67.6 Å². The van der Waals surface area contributed by atoms with E-state index in [-0.39, 0.29) is 17.9 Å². The van der Waals surface area contributed by atoms with Crippen molar-refractivity contribution in [2.75, 3.05) is 0 Å². The number of rotatable bonds is 6. The maximum Gasteiger partial charge on any atom is 0.227 e. The number of amides is 1. The van der Waals surface area contributed by atoms with Crippen molar-refractivity contribution in [3.8, 4) is 0 Å². The Balaban J connectivity index is 1.77. The monoisotopic (exact) mass is 320 g/mol. The van der Waals surface area contributed by atoms with E-state index in [2.05, 4.69) is 15.4 Å². The van der Waals surface area contributed by atoms with Gasteiger partial charge < -0.3 is 5.32 Å². The molecule has 3 aromatic rings. The Hall–Kier alpha value is -2.95. The molecule has 2 atom stereocenters. The number of nitrogens with one attached hydrogen (secondary N) is 1. The largest absolute Gasteiger partial charge is 0.347 e. The zero-order valence-corrected chi connectivity index (χ0v) is 13.5. The van der Waals surface area contributed by atoms with Crippen LogP contribution in [-0.2, 0) is 11.3 Å². The van der Waals surface area contributed by atoms with Gasteiger partial charge in [0.05, 0.1) is 18.5 Å². The quantitative estimate of drug-likeness (QED) is 0.759. The number of aromatic nitrogens is 3. The predicted molar refractivity (Wildman–Crippen MR) is 92.2 cm³/mol. The lowest BCUT2D eigenvalue weighted by Gasteiger charge is -2.21. The molecule has 0 radical (unpaired) electrons. The number of carbonyl (C=O) groups is 1. The Labute approximate surface area is 141 Å². The van der Waals surface area contributed by atoms with Crippen LogP contribution in [0.3, 0.4) is 0 Å². The zero-order chi connectivity index (χ0) is 16.8. The minimum Gasteiger partial charge on any atom is -0.347 e. The molecule has 1 aromatic heterocycles. The fourth-order valence-corrected chi connectivity index (χ4v) is 2.62. The highest BCUT2D eigenvalue weighted by atomic mass is 16.1. The van der Waals surface area contributed by atoms with Crippen LogP contribution in [0.5, 0.6) is 0 Å². The predicted octanol–water partition coefficient (Wildman–Crippen LogP) is 2.94. The van der Waals surface area contributed by atoms with Gasteiger partial charge in [0, 0.05) is 0 Å². The molecule has 1 heterocycles. The van der Waals surface area contributed by atoms with E-state index in [1.54, 1.807) is 11.0 Å². The van der Waals surface area contributed by atoms with Gasteiger partial charge in [-0.1, -0.05) is 60.7 Å². The summed E-state index contributed by atoms with van der Waals surface area (Å²) in [6.45, 7) is 2.46. The van der Waals surface area contributed by atoms with Gasteiger partial charge in [-0.2, -0.15) is 5.10 Å². The second-order valence-corrected chi connectivity index (χ2v) is 5.72. The van der Waals surface area contributed by atoms with E-state index < -0.39 is 0 Å². The molecular formula is C19H20N4O. The first-order valence-electron chi connectivity index (χ1n) is 7.96. The molecule has 0 aliphatic carbocycles. The third kappa shape index (κ3) is 3.87. The number of nitrogens with zero attached hydrogens (tertiary/aromatic N) is 3. The van der Waals surface area contributed by atoms with Crippen molar-refractivity contribution in [3.63, 3.8) is 0 Å². The second kappa shape index (κ2) is 7.55. The summed E-state index contributed by atoms with van der Waals surface area (Å²) in [5.74, 6) is -0.219. The van der Waals surface area contributed by atoms with Crippen LogP contribution in [0, 0.1) is 0 Å². The molecule has 5 nitrogen and oxygen atoms in total. The van der Waals surface area contributed by atoms with E-state index in [0.29, 0.717) is 6.54 Å². The van der Waals surface area contributed by atoms with Gasteiger partial charge in [-0.25, -0.2) is 4.98 Å². The first kappa shape index (κ1) is 15.9. The van der Waals surface area contributed by atoms with E-state index in [4.69, 9.17) is 0 Å². The van der Waals surface area contributed by atoms with Gasteiger partial charge in [0.25, 0.3) is 0 Å². The molecule has 0 bridgehead atoms. The van der Waals surface area contributed by atoms with Gasteiger partial charge >= 0.3 is 0 Å². The normalized spacial score (nSPS) is 13.2. The van der Waals surface area contributed by atoms with Gasteiger partial charge in [-0.05, 0) is 18.1 Å². The molecule has 122 valence electrons. The highest BCUT2D eigenvalue weighted by Crippen LogP contribution is 2.19. The fraction of sp³-hybridized carbons (Fsp3) is 0.211. The van der Waals surface area contributed by atoms with E-state index in [9.17, 15) is 4.79 Å². The summed E-state index contributed by atoms with van der Waals surface area (Å²) in [5.41, 5.74) is 2.05. The third-order valence-electron chi connectivity index (χ3n) is 4.05. The van der Waals surface area contributed by atoms with Gasteiger partial charge in [0.2, 0.25) is 5.91 Å². The standard InChI is InChI=1S/C19H20N4O/c1-15(16-8-4-2-5-9-16)19(24)22-18(12-23-14-20-13-21-23)17-10-6-3-7-11-17/h2-11,13-15,18H,12H2,1H3,(H,22,24)/t15-,18+/m1/s1. The molecule has 5 heteroatoms. The number of benzene rings is 2. The molecule has 0 unspecified atom stereocenters. The van der Waals surface area contributed by atoms with Crippen LogP contribution in [0.2, 0.25) is 0 Å². The van der Waals surface area contributed by atoms with Crippen LogP contribution in [0.4, 0.5) is 0 Å². The molecule has 1 N–H and O–H groups in total. The second-order valence-electron chi connectivity index (χ2n) is 5.72. The topological polar surface area (TPSA) is 59.8 Å². The van der Waals surface area contributed by atoms with Gasteiger partial charge in [0.15, 0.2) is 0 Å². The van der Waals surface area contributed by atoms with Gasteiger partial charge in [0.1, 0.15) is 12.7 Å². The van der Waals surface area contributed by atoms with Gasteiger partial charge in [-0.15, -0.1) is 0 Å². The Bertz CT molecular complexity index is 757. The molecule has 0 fully saturated rings. The van der Waals surface area contributed by atoms with Crippen LogP contribution >= 0.6 is 0 Å². The molecule has 1 amide bonds. The lowest BCUT2D eigenvalue weighted by Crippen LogP contribution is -2.34. The van der Waals surface area contributed by atoms with Crippen LogP contribution in [0.25, 0.3) is 0 Å². The third-order valence-corrected chi connectivity index (χ3v) is 4.05. The SMILES string of the molecule is C[C@@H](C(=O)N[C@@H](Cn1cncn1)c1ccccc1)c1ccccc1. The fourth-order valence-electron chi connectivity index (χ4n) is 2.62. The Morgan fingerprint density at radius 2 is 1.67 bits per heavy atom. The maximum atomic E-state index is 12.7. The minimum absolute atomic E-state index is 0.00447. The van der Waals surface area contributed by atoms with E-state index in [0.717, 1.165) is 11.1 Å². The Morgan fingerprint density at radius 1 is 1.04 bits per heavy atom. The van der Waals surface area contributed by atoms with Crippen molar-refractivity contribution in [3.05, 3.63) is 84.4 Å². The summed E-state index contributed by atoms with van der Waals surface area (Å²) in [4.78, 5) is 16.7. The molecule has 24 heavy (non-hydrogen) atoms. The molecule has 0 aliphatic rings. The summed E-state index contributed by atoms with van der Waals surface area (Å²) in [7, 11) is 0. The summed E-state index contributed by atoms with van der Waals surface area (Å²) < 4.78 is 1.73. The van der Waals surface area contributed by atoms with Crippen LogP contribution in [0.15, 0.2) is 73.3 Å². The van der Waals surface area contributed by atoms with Crippen molar-refractivity contribution < 1.29 is 4.79 Å². The van der Waals surface area contributed by atoms with E-state index >= 15 is 0 Å². The van der Waals surface area contributed by atoms with Gasteiger partial charge in [-0.3, -0.25) is 9.48 Å². The molecule has 0 spiro atoms. The maximum absolute atomic E-state index is 12.7. The van der Waals surface area contributed by atoms with E-state index in [1.165, 1.54) is 6.33 Å². The van der Waals surface area contributed by atoms with Crippen LogP contribution in [0.1, 0.15) is 30.0 Å². The highest BCUT2D eigenvalue weighted by Gasteiger charge is 2.20. The highest BCUT2D eigenvalue weighted by molar-refractivity contribution is 5.83. The summed E-state index contributed by atoms with van der Waals surface area (Å²) in [6.07, 6.45) is 3.15. The summed E-state index contributed by atoms with van der Waals surface area (Å²) in [5, 5.41) is 7.29. The Kier molecular flexibility index (Phi) is 5.01. The zero-order valence-electron chi connectivity index (χ0n) is 13.5. The van der Waals surface area contributed by atoms with Crippen LogP contribution in [-0.4, -0.2) is 20.7 Å². The molecule has 0 aliphatic heterocycles. The molecule has 0 saturated heterocycles. The molecule has 0 saturated carbocycles. The first-order valence-corrected chi connectivity index (χ1v) is 7.96. The smallest absolute Gasteiger partial charge is 0.227 e. The number of carbonyl (C=O) groups excluding carboxylic acids is 1. The van der Waals surface area contributed by atoms with Crippen molar-refractivity contribution in [2.45, 2.75) is 25.4 Å². The minimum atomic E-state index is -0.215. The molecular weight excluding hydrogens is 300 g/mol. The summed E-state index contributed by atoms with van der Waals surface area (Å²) >= 11 is 0. The first-order chi connectivity index (χ1) is 11.7. The number of hydrogen-bond donors (Lipinski definition) is 1. The lowest BCUT2D eigenvalue weighted by atomic mass is 9.99. The number of hydrogen-bond acceptors (Lipinski definition) is 3. The van der Waals surface area contributed by atoms with Crippen molar-refractivity contribution in [1.29, 1.82) is 0 Å². The lowest BCUT2D eigenvalue weighted by molar-refractivity contribution is -0.123. The van der Waals surface area contributed by atoms with Crippen molar-refractivity contribution in [1.82, 2.24) is 20.1 Å². The molecule has 2 aromatic carbocycles. The summed E-state index contributed by atoms with van der Waals surface area (Å²) in [6, 6.07) is 19.5. The average Bonchev–Trinajstić information content (AvgIpc) is 3.15. The van der Waals surface area contributed by atoms with Crippen molar-refractivity contribution in [2.24, 2.45) is 0 Å².